The molecule has 0 unspecified atom stereocenters. The summed E-state index contributed by atoms with van der Waals surface area (Å²) in [5, 5.41) is 10.2. The van der Waals surface area contributed by atoms with Gasteiger partial charge in [0.1, 0.15) is 0 Å². The lowest BCUT2D eigenvalue weighted by Gasteiger charge is -2.28. The lowest BCUT2D eigenvalue weighted by atomic mass is 9.85. The van der Waals surface area contributed by atoms with Crippen molar-refractivity contribution in [1.29, 1.82) is 0 Å². The Hall–Kier alpha value is -1.34. The third-order valence-electron chi connectivity index (χ3n) is 3.33. The Bertz CT molecular complexity index is 383. The predicted octanol–water partition coefficient (Wildman–Crippen LogP) is 3.95. The fourth-order valence-electron chi connectivity index (χ4n) is 2.30. The van der Waals surface area contributed by atoms with Crippen LogP contribution >= 0.6 is 0 Å². The lowest BCUT2D eigenvalue weighted by molar-refractivity contribution is 0.0513. The fourth-order valence-corrected chi connectivity index (χ4v) is 2.30. The monoisotopic (exact) mass is 228 g/mol. The van der Waals surface area contributed by atoms with E-state index in [9.17, 15) is 5.11 Å². The Balaban J connectivity index is 1.91. The fraction of sp³-hybridized carbons (Fsp3) is 0.375. The summed E-state index contributed by atoms with van der Waals surface area (Å²) in [6.07, 6.45) is 13.3. The minimum Gasteiger partial charge on any atom is -0.386 e. The Morgan fingerprint density at radius 1 is 0.941 bits per heavy atom. The molecule has 17 heavy (non-hydrogen) atoms. The number of hydrogen-bond acceptors (Lipinski definition) is 1. The first-order valence-electron chi connectivity index (χ1n) is 6.42. The molecule has 1 saturated carbocycles. The Morgan fingerprint density at radius 2 is 1.65 bits per heavy atom. The quantitative estimate of drug-likeness (QED) is 0.777. The van der Waals surface area contributed by atoms with E-state index in [2.05, 4.69) is 18.2 Å². The van der Waals surface area contributed by atoms with Gasteiger partial charge in [-0.1, -0.05) is 73.9 Å². The lowest BCUT2D eigenvalue weighted by Crippen LogP contribution is -2.28. The Labute approximate surface area is 103 Å². The van der Waals surface area contributed by atoms with Crippen LogP contribution in [0.3, 0.4) is 0 Å². The van der Waals surface area contributed by atoms with Crippen LogP contribution in [0.2, 0.25) is 0 Å². The number of rotatable bonds is 3. The van der Waals surface area contributed by atoms with Crippen LogP contribution in [0.15, 0.2) is 48.6 Å². The van der Waals surface area contributed by atoms with E-state index in [0.29, 0.717) is 0 Å². The average molecular weight is 228 g/mol. The molecule has 0 aromatic heterocycles. The summed E-state index contributed by atoms with van der Waals surface area (Å²) in [5.41, 5.74) is 0.631. The highest BCUT2D eigenvalue weighted by Crippen LogP contribution is 2.28. The van der Waals surface area contributed by atoms with Gasteiger partial charge in [0.2, 0.25) is 0 Å². The normalized spacial score (nSPS) is 20.1. The molecule has 0 saturated heterocycles. The first kappa shape index (κ1) is 12.1. The summed E-state index contributed by atoms with van der Waals surface area (Å²) in [6, 6.07) is 10.2. The van der Waals surface area contributed by atoms with E-state index in [1.807, 2.05) is 36.4 Å². The van der Waals surface area contributed by atoms with E-state index in [0.717, 1.165) is 25.7 Å². The molecule has 2 rings (SSSR count). The Kier molecular flexibility index (Phi) is 4.16. The van der Waals surface area contributed by atoms with Gasteiger partial charge in [-0.2, -0.15) is 0 Å². The zero-order chi connectivity index (χ0) is 12.0. The number of benzene rings is 1. The predicted molar refractivity (Wildman–Crippen MR) is 72.7 cm³/mol. The topological polar surface area (TPSA) is 20.2 Å². The van der Waals surface area contributed by atoms with Crippen molar-refractivity contribution in [3.05, 3.63) is 54.1 Å². The van der Waals surface area contributed by atoms with Crippen LogP contribution in [-0.4, -0.2) is 10.7 Å². The van der Waals surface area contributed by atoms with Crippen LogP contribution in [0.25, 0.3) is 6.08 Å². The number of hydrogen-bond donors (Lipinski definition) is 1. The molecular formula is C16H20O. The van der Waals surface area contributed by atoms with Gasteiger partial charge in [0, 0.05) is 0 Å². The van der Waals surface area contributed by atoms with E-state index in [1.165, 1.54) is 12.0 Å². The van der Waals surface area contributed by atoms with Crippen LogP contribution < -0.4 is 0 Å². The molecule has 1 aliphatic carbocycles. The molecule has 1 aromatic carbocycles. The summed E-state index contributed by atoms with van der Waals surface area (Å²) in [6.45, 7) is 0. The van der Waals surface area contributed by atoms with Crippen molar-refractivity contribution in [3.8, 4) is 0 Å². The molecule has 0 aliphatic heterocycles. The van der Waals surface area contributed by atoms with Crippen molar-refractivity contribution in [2.75, 3.05) is 0 Å². The molecule has 90 valence electrons. The van der Waals surface area contributed by atoms with Crippen molar-refractivity contribution >= 4 is 6.08 Å². The highest BCUT2D eigenvalue weighted by molar-refractivity contribution is 5.50. The maximum absolute atomic E-state index is 10.2. The standard InChI is InChI=1S/C16H20O/c17-16(12-6-2-7-13-16)14-8-5-11-15-9-3-1-4-10-15/h1,3-5,8-11,14,17H,2,6-7,12-13H2/b11-5+,14-8+. The van der Waals surface area contributed by atoms with Crippen LogP contribution in [-0.2, 0) is 0 Å². The van der Waals surface area contributed by atoms with Crippen LogP contribution in [0.5, 0.6) is 0 Å². The molecule has 0 amide bonds. The van der Waals surface area contributed by atoms with Crippen LogP contribution in [0.4, 0.5) is 0 Å². The molecule has 1 heteroatoms. The zero-order valence-corrected chi connectivity index (χ0v) is 10.2. The van der Waals surface area contributed by atoms with Crippen LogP contribution in [0.1, 0.15) is 37.7 Å². The van der Waals surface area contributed by atoms with Crippen molar-refractivity contribution in [3.63, 3.8) is 0 Å². The molecule has 1 fully saturated rings. The summed E-state index contributed by atoms with van der Waals surface area (Å²) in [5.74, 6) is 0. The molecule has 0 heterocycles. The van der Waals surface area contributed by atoms with Gasteiger partial charge >= 0.3 is 0 Å². The van der Waals surface area contributed by atoms with Gasteiger partial charge in [-0.3, -0.25) is 0 Å². The second kappa shape index (κ2) is 5.83. The maximum atomic E-state index is 10.2. The van der Waals surface area contributed by atoms with Gasteiger partial charge in [0.25, 0.3) is 0 Å². The van der Waals surface area contributed by atoms with E-state index < -0.39 is 5.60 Å². The van der Waals surface area contributed by atoms with Crippen molar-refractivity contribution in [2.45, 2.75) is 37.7 Å². The maximum Gasteiger partial charge on any atom is 0.0830 e. The number of aliphatic hydroxyl groups is 1. The van der Waals surface area contributed by atoms with Gasteiger partial charge < -0.3 is 5.11 Å². The molecular weight excluding hydrogens is 208 g/mol. The van der Waals surface area contributed by atoms with Gasteiger partial charge in [-0.05, 0) is 18.4 Å². The largest absolute Gasteiger partial charge is 0.386 e. The van der Waals surface area contributed by atoms with E-state index in [1.54, 1.807) is 0 Å². The van der Waals surface area contributed by atoms with Crippen molar-refractivity contribution in [2.24, 2.45) is 0 Å². The summed E-state index contributed by atoms with van der Waals surface area (Å²) < 4.78 is 0. The molecule has 1 aromatic rings. The van der Waals surface area contributed by atoms with Crippen molar-refractivity contribution < 1.29 is 5.11 Å². The van der Waals surface area contributed by atoms with E-state index in [4.69, 9.17) is 0 Å². The van der Waals surface area contributed by atoms with E-state index in [-0.39, 0.29) is 0 Å². The molecule has 0 spiro atoms. The second-order valence-corrected chi connectivity index (χ2v) is 4.79. The molecule has 0 radical (unpaired) electrons. The second-order valence-electron chi connectivity index (χ2n) is 4.79. The minimum atomic E-state index is -0.556. The molecule has 1 N–H and O–H groups in total. The first-order valence-corrected chi connectivity index (χ1v) is 6.42. The third kappa shape index (κ3) is 3.86. The first-order chi connectivity index (χ1) is 8.29. The zero-order valence-electron chi connectivity index (χ0n) is 10.2. The van der Waals surface area contributed by atoms with E-state index >= 15 is 0 Å². The summed E-state index contributed by atoms with van der Waals surface area (Å²) in [4.78, 5) is 0. The number of allylic oxidation sites excluding steroid dienone is 2. The molecule has 1 aliphatic rings. The van der Waals surface area contributed by atoms with Gasteiger partial charge in [0.05, 0.1) is 5.60 Å². The molecule has 0 bridgehead atoms. The summed E-state index contributed by atoms with van der Waals surface area (Å²) in [7, 11) is 0. The van der Waals surface area contributed by atoms with Gasteiger partial charge in [0.15, 0.2) is 0 Å². The Morgan fingerprint density at radius 3 is 2.35 bits per heavy atom. The van der Waals surface area contributed by atoms with Gasteiger partial charge in [-0.25, -0.2) is 0 Å². The third-order valence-corrected chi connectivity index (χ3v) is 3.33. The van der Waals surface area contributed by atoms with Crippen LogP contribution in [0, 0.1) is 0 Å². The molecule has 0 atom stereocenters. The molecule has 1 nitrogen and oxygen atoms in total. The smallest absolute Gasteiger partial charge is 0.0830 e. The SMILES string of the molecule is OC1(/C=C/C=C/c2ccccc2)CCCCC1. The highest BCUT2D eigenvalue weighted by Gasteiger charge is 2.25. The minimum absolute atomic E-state index is 0.556. The van der Waals surface area contributed by atoms with Gasteiger partial charge in [-0.15, -0.1) is 0 Å². The highest BCUT2D eigenvalue weighted by atomic mass is 16.3. The summed E-state index contributed by atoms with van der Waals surface area (Å²) >= 11 is 0. The van der Waals surface area contributed by atoms with Crippen molar-refractivity contribution in [1.82, 2.24) is 0 Å². The average Bonchev–Trinajstić information content (AvgIpc) is 2.37.